The molecule has 3 N–H and O–H groups in total. The van der Waals surface area contributed by atoms with E-state index in [1.165, 1.54) is 18.3 Å². The fraction of sp³-hybridized carbons (Fsp3) is 0.269. The number of aromatic nitrogens is 2. The van der Waals surface area contributed by atoms with Gasteiger partial charge >= 0.3 is 6.18 Å². The predicted molar refractivity (Wildman–Crippen MR) is 128 cm³/mol. The number of pyridine rings is 2. The third-order valence-corrected chi connectivity index (χ3v) is 5.73. The second kappa shape index (κ2) is 10.6. The Balaban J connectivity index is 1.39. The number of nitrogens with one attached hydrogen (secondary N) is 1. The molecule has 1 aliphatic carbocycles. The lowest BCUT2D eigenvalue weighted by Crippen LogP contribution is -2.18. The van der Waals surface area contributed by atoms with Gasteiger partial charge in [-0.05, 0) is 67.2 Å². The molecule has 9 heteroatoms. The minimum absolute atomic E-state index is 0.275. The Hall–Kier alpha value is -3.88. The van der Waals surface area contributed by atoms with Crippen LogP contribution in [0.5, 0.6) is 5.88 Å². The Morgan fingerprint density at radius 3 is 2.49 bits per heavy atom. The van der Waals surface area contributed by atoms with Gasteiger partial charge in [0.25, 0.3) is 5.91 Å². The van der Waals surface area contributed by atoms with Crippen molar-refractivity contribution in [1.82, 2.24) is 9.97 Å². The van der Waals surface area contributed by atoms with E-state index in [1.54, 1.807) is 18.2 Å². The van der Waals surface area contributed by atoms with Crippen LogP contribution in [0.1, 0.15) is 42.5 Å². The van der Waals surface area contributed by atoms with Crippen molar-refractivity contribution < 1.29 is 22.7 Å². The van der Waals surface area contributed by atoms with Crippen LogP contribution in [0.15, 0.2) is 66.4 Å². The summed E-state index contributed by atoms with van der Waals surface area (Å²) in [6.45, 7) is 0.374. The molecule has 0 bridgehead atoms. The Bertz CT molecular complexity index is 1210. The van der Waals surface area contributed by atoms with Gasteiger partial charge in [-0.3, -0.25) is 4.79 Å². The highest BCUT2D eigenvalue weighted by atomic mass is 19.4. The zero-order chi connectivity index (χ0) is 24.8. The number of halogens is 3. The summed E-state index contributed by atoms with van der Waals surface area (Å²) in [7, 11) is 0. The topological polar surface area (TPSA) is 90.1 Å². The number of ether oxygens (including phenoxy) is 1. The largest absolute Gasteiger partial charge is 0.477 e. The number of benzene rings is 1. The first kappa shape index (κ1) is 24.3. The van der Waals surface area contributed by atoms with E-state index < -0.39 is 11.7 Å². The third-order valence-electron chi connectivity index (χ3n) is 5.73. The van der Waals surface area contributed by atoms with Gasteiger partial charge in [0.15, 0.2) is 0 Å². The molecule has 6 nitrogen and oxygen atoms in total. The molecule has 35 heavy (non-hydrogen) atoms. The quantitative estimate of drug-likeness (QED) is 0.453. The first-order valence-electron chi connectivity index (χ1n) is 11.3. The summed E-state index contributed by atoms with van der Waals surface area (Å²) < 4.78 is 44.3. The number of amides is 1. The van der Waals surface area contributed by atoms with Crippen molar-refractivity contribution in [3.63, 3.8) is 0 Å². The summed E-state index contributed by atoms with van der Waals surface area (Å²) >= 11 is 0. The van der Waals surface area contributed by atoms with Crippen molar-refractivity contribution in [2.24, 2.45) is 0 Å². The van der Waals surface area contributed by atoms with Gasteiger partial charge in [0.05, 0.1) is 24.1 Å². The molecule has 3 aromatic rings. The summed E-state index contributed by atoms with van der Waals surface area (Å²) in [5.74, 6) is 0.590. The lowest BCUT2D eigenvalue weighted by atomic mass is 9.86. The van der Waals surface area contributed by atoms with Gasteiger partial charge in [-0.2, -0.15) is 13.2 Å². The molecule has 0 fully saturated rings. The van der Waals surface area contributed by atoms with E-state index in [1.807, 2.05) is 12.1 Å². The first-order chi connectivity index (χ1) is 16.8. The Kier molecular flexibility index (Phi) is 7.33. The molecule has 0 atom stereocenters. The number of carbonyl (C=O) groups excluding carboxylic acids is 1. The third kappa shape index (κ3) is 6.38. The Morgan fingerprint density at radius 2 is 1.80 bits per heavy atom. The molecule has 182 valence electrons. The fourth-order valence-electron chi connectivity index (χ4n) is 3.98. The van der Waals surface area contributed by atoms with E-state index >= 15 is 0 Å². The van der Waals surface area contributed by atoms with Gasteiger partial charge in [-0.1, -0.05) is 18.2 Å². The molecule has 1 amide bonds. The van der Waals surface area contributed by atoms with E-state index in [2.05, 4.69) is 15.3 Å². The number of carbonyl (C=O) groups is 1. The molecule has 0 radical (unpaired) electrons. The molecule has 0 spiro atoms. The second-order valence-corrected chi connectivity index (χ2v) is 8.23. The smallest absolute Gasteiger partial charge is 0.416 e. The molecule has 0 unspecified atom stereocenters. The zero-order valence-electron chi connectivity index (χ0n) is 18.9. The number of anilines is 2. The lowest BCUT2D eigenvalue weighted by molar-refractivity contribution is -0.137. The summed E-state index contributed by atoms with van der Waals surface area (Å²) in [5, 5.41) is 2.84. The molecular formula is C26H25F3N4O2. The highest BCUT2D eigenvalue weighted by molar-refractivity contribution is 6.09. The van der Waals surface area contributed by atoms with E-state index in [0.29, 0.717) is 54.4 Å². The number of alkyl halides is 3. The monoisotopic (exact) mass is 482 g/mol. The van der Waals surface area contributed by atoms with Crippen LogP contribution in [0.4, 0.5) is 24.7 Å². The molecule has 4 rings (SSSR count). The summed E-state index contributed by atoms with van der Waals surface area (Å²) in [5.41, 5.74) is 8.30. The summed E-state index contributed by atoms with van der Waals surface area (Å²) in [6.07, 6.45) is 0.621. The van der Waals surface area contributed by atoms with Crippen LogP contribution in [0.3, 0.4) is 0 Å². The number of rotatable bonds is 7. The highest BCUT2D eigenvalue weighted by Gasteiger charge is 2.30. The van der Waals surface area contributed by atoms with Gasteiger partial charge < -0.3 is 15.8 Å². The fourth-order valence-corrected chi connectivity index (χ4v) is 3.98. The molecular weight excluding hydrogens is 457 g/mol. The first-order valence-corrected chi connectivity index (χ1v) is 11.3. The number of hydrogen-bond donors (Lipinski definition) is 2. The van der Waals surface area contributed by atoms with Crippen LogP contribution in [0, 0.1) is 0 Å². The minimum atomic E-state index is -4.39. The second-order valence-electron chi connectivity index (χ2n) is 8.23. The summed E-state index contributed by atoms with van der Waals surface area (Å²) in [6, 6.07) is 13.7. The number of hydrogen-bond acceptors (Lipinski definition) is 5. The molecule has 0 saturated heterocycles. The molecule has 2 aromatic heterocycles. The van der Waals surface area contributed by atoms with E-state index in [9.17, 15) is 18.0 Å². The minimum Gasteiger partial charge on any atom is -0.477 e. The van der Waals surface area contributed by atoms with Crippen molar-refractivity contribution >= 4 is 23.0 Å². The van der Waals surface area contributed by atoms with Crippen molar-refractivity contribution in [1.29, 1.82) is 0 Å². The summed E-state index contributed by atoms with van der Waals surface area (Å²) in [4.78, 5) is 21.4. The Labute approximate surface area is 201 Å². The zero-order valence-corrected chi connectivity index (χ0v) is 18.9. The van der Waals surface area contributed by atoms with Crippen molar-refractivity contribution in [2.45, 2.75) is 38.3 Å². The highest BCUT2D eigenvalue weighted by Crippen LogP contribution is 2.35. The van der Waals surface area contributed by atoms with Crippen molar-refractivity contribution in [3.05, 3.63) is 83.2 Å². The van der Waals surface area contributed by atoms with Crippen LogP contribution in [-0.4, -0.2) is 22.5 Å². The average molecular weight is 483 g/mol. The van der Waals surface area contributed by atoms with Gasteiger partial charge in [0.1, 0.15) is 5.82 Å². The molecule has 0 saturated carbocycles. The van der Waals surface area contributed by atoms with E-state index in [-0.39, 0.29) is 5.91 Å². The van der Waals surface area contributed by atoms with Gasteiger partial charge in [-0.15, -0.1) is 0 Å². The number of allylic oxidation sites excluding steroid dienone is 1. The molecule has 1 aliphatic rings. The average Bonchev–Trinajstić information content (AvgIpc) is 2.85. The van der Waals surface area contributed by atoms with E-state index in [4.69, 9.17) is 10.5 Å². The number of nitrogens with two attached hydrogens (primary N) is 1. The normalized spacial score (nSPS) is 14.0. The van der Waals surface area contributed by atoms with Crippen molar-refractivity contribution in [2.75, 3.05) is 17.7 Å². The van der Waals surface area contributed by atoms with Crippen LogP contribution in [0.25, 0.3) is 5.57 Å². The lowest BCUT2D eigenvalue weighted by Gasteiger charge is -2.21. The van der Waals surface area contributed by atoms with E-state index in [0.717, 1.165) is 36.2 Å². The molecule has 2 heterocycles. The van der Waals surface area contributed by atoms with Crippen molar-refractivity contribution in [3.8, 4) is 5.88 Å². The van der Waals surface area contributed by atoms with Gasteiger partial charge in [-0.25, -0.2) is 9.97 Å². The van der Waals surface area contributed by atoms with Gasteiger partial charge in [0, 0.05) is 23.8 Å². The van der Waals surface area contributed by atoms with Crippen LogP contribution >= 0.6 is 0 Å². The molecule has 1 aromatic carbocycles. The van der Waals surface area contributed by atoms with Crippen LogP contribution < -0.4 is 15.8 Å². The Morgan fingerprint density at radius 1 is 1.03 bits per heavy atom. The number of nitrogen functional groups attached to an aromatic ring is 1. The van der Waals surface area contributed by atoms with Crippen LogP contribution in [-0.2, 0) is 17.4 Å². The number of nitrogens with zero attached hydrogens (tertiary/aromatic N) is 2. The molecule has 0 aliphatic heterocycles. The van der Waals surface area contributed by atoms with Crippen LogP contribution in [0.2, 0.25) is 0 Å². The SMILES string of the molecule is Nc1cccc(CCOc2ccc(NC(=O)C3=C(c4ccc(C(F)(F)F)cc4)CCCC3)cn2)n1. The maximum Gasteiger partial charge on any atom is 0.416 e. The maximum atomic E-state index is 13.0. The standard InChI is InChI=1S/C26H25F3N4O2/c27-26(28,29)18-10-8-17(9-11-18)21-5-1-2-6-22(21)25(34)33-20-12-13-24(31-16-20)35-15-14-19-4-3-7-23(30)32-19/h3-4,7-13,16H,1-2,5-6,14-15H2,(H2,30,32)(H,33,34). The predicted octanol–water partition coefficient (Wildman–Crippen LogP) is 5.67. The van der Waals surface area contributed by atoms with Gasteiger partial charge in [0.2, 0.25) is 5.88 Å². The maximum absolute atomic E-state index is 13.0.